The van der Waals surface area contributed by atoms with Crippen LogP contribution < -0.4 is 5.32 Å². The number of rotatable bonds is 5. The molecule has 0 aromatic carbocycles. The summed E-state index contributed by atoms with van der Waals surface area (Å²) >= 11 is 0. The van der Waals surface area contributed by atoms with Crippen molar-refractivity contribution in [1.82, 2.24) is 5.32 Å². The molecule has 1 fully saturated rings. The zero-order valence-corrected chi connectivity index (χ0v) is 9.10. The van der Waals surface area contributed by atoms with E-state index in [1.54, 1.807) is 0 Å². The highest BCUT2D eigenvalue weighted by Crippen LogP contribution is 2.24. The lowest BCUT2D eigenvalue weighted by atomic mass is 9.97. The zero-order chi connectivity index (χ0) is 9.36. The van der Waals surface area contributed by atoms with Gasteiger partial charge in [-0.1, -0.05) is 45.4 Å². The quantitative estimate of drug-likeness (QED) is 0.457. The molecular formula is C12H24N. The second-order valence-corrected chi connectivity index (χ2v) is 4.32. The number of hydrogen-bond acceptors (Lipinski definition) is 0. The van der Waals surface area contributed by atoms with Crippen molar-refractivity contribution in [1.29, 1.82) is 0 Å². The summed E-state index contributed by atoms with van der Waals surface area (Å²) in [5.41, 5.74) is 0. The Morgan fingerprint density at radius 3 is 2.31 bits per heavy atom. The maximum atomic E-state index is 4.51. The Balaban J connectivity index is 1.98. The second-order valence-electron chi connectivity index (χ2n) is 4.32. The van der Waals surface area contributed by atoms with Gasteiger partial charge in [-0.2, -0.15) is 0 Å². The van der Waals surface area contributed by atoms with Crippen molar-refractivity contribution in [3.05, 3.63) is 0 Å². The summed E-state index contributed by atoms with van der Waals surface area (Å²) in [5.74, 6) is 1.00. The molecule has 1 nitrogen and oxygen atoms in total. The van der Waals surface area contributed by atoms with Crippen LogP contribution in [0.3, 0.4) is 0 Å². The Morgan fingerprint density at radius 2 is 1.69 bits per heavy atom. The molecule has 1 aliphatic carbocycles. The van der Waals surface area contributed by atoms with Crippen molar-refractivity contribution in [3.63, 3.8) is 0 Å². The fourth-order valence-corrected chi connectivity index (χ4v) is 2.20. The first kappa shape index (κ1) is 11.0. The van der Waals surface area contributed by atoms with E-state index in [1.165, 1.54) is 51.4 Å². The van der Waals surface area contributed by atoms with E-state index >= 15 is 0 Å². The molecule has 0 spiro atoms. The normalized spacial score (nSPS) is 20.1. The molecule has 1 radical (unpaired) electrons. The Labute approximate surface area is 83.3 Å². The molecule has 1 heteroatoms. The molecule has 0 unspecified atom stereocenters. The van der Waals surface area contributed by atoms with Crippen LogP contribution >= 0.6 is 0 Å². The van der Waals surface area contributed by atoms with E-state index in [1.807, 2.05) is 0 Å². The molecule has 0 aromatic rings. The van der Waals surface area contributed by atoms with Crippen LogP contribution in [-0.4, -0.2) is 13.1 Å². The Hall–Kier alpha value is -0.0400. The highest BCUT2D eigenvalue weighted by Gasteiger charge is 2.11. The first-order valence-corrected chi connectivity index (χ1v) is 6.06. The van der Waals surface area contributed by atoms with Crippen molar-refractivity contribution < 1.29 is 0 Å². The van der Waals surface area contributed by atoms with Crippen molar-refractivity contribution in [2.75, 3.05) is 13.1 Å². The van der Waals surface area contributed by atoms with E-state index < -0.39 is 0 Å². The second kappa shape index (κ2) is 7.37. The summed E-state index contributed by atoms with van der Waals surface area (Å²) < 4.78 is 0. The van der Waals surface area contributed by atoms with Crippen molar-refractivity contribution in [2.45, 2.75) is 58.3 Å². The summed E-state index contributed by atoms with van der Waals surface area (Å²) in [6.45, 7) is 4.40. The molecule has 0 bridgehead atoms. The van der Waals surface area contributed by atoms with E-state index in [0.29, 0.717) is 0 Å². The van der Waals surface area contributed by atoms with Crippen LogP contribution in [0.4, 0.5) is 0 Å². The molecule has 0 aliphatic heterocycles. The van der Waals surface area contributed by atoms with E-state index in [9.17, 15) is 0 Å². The Kier molecular flexibility index (Phi) is 6.26. The van der Waals surface area contributed by atoms with Gasteiger partial charge < -0.3 is 0 Å². The smallest absolute Gasteiger partial charge is 0.0136 e. The minimum Gasteiger partial charge on any atom is -0.242 e. The number of hydrogen-bond donors (Lipinski definition) is 0. The van der Waals surface area contributed by atoms with Gasteiger partial charge in [-0.05, 0) is 18.8 Å². The summed E-state index contributed by atoms with van der Waals surface area (Å²) in [6.07, 6.45) is 11.4. The predicted octanol–water partition coefficient (Wildman–Crippen LogP) is 3.36. The molecule has 77 valence electrons. The molecule has 0 amide bonds. The molecule has 0 N–H and O–H groups in total. The SMILES string of the molecule is CCC[N]CCC1CCCCCC1. The lowest BCUT2D eigenvalue weighted by Gasteiger charge is -2.12. The maximum Gasteiger partial charge on any atom is 0.0136 e. The molecule has 1 rings (SSSR count). The van der Waals surface area contributed by atoms with Gasteiger partial charge in [0.1, 0.15) is 0 Å². The van der Waals surface area contributed by atoms with Gasteiger partial charge in [0.25, 0.3) is 0 Å². The summed E-state index contributed by atoms with van der Waals surface area (Å²) in [6, 6.07) is 0. The fourth-order valence-electron chi connectivity index (χ4n) is 2.20. The Bertz CT molecular complexity index is 104. The summed E-state index contributed by atoms with van der Waals surface area (Å²) in [7, 11) is 0. The van der Waals surface area contributed by atoms with Gasteiger partial charge in [-0.15, -0.1) is 0 Å². The van der Waals surface area contributed by atoms with Crippen molar-refractivity contribution in [3.8, 4) is 0 Å². The van der Waals surface area contributed by atoms with E-state index in [0.717, 1.165) is 19.0 Å². The topological polar surface area (TPSA) is 14.1 Å². The van der Waals surface area contributed by atoms with Crippen LogP contribution in [0.2, 0.25) is 0 Å². The van der Waals surface area contributed by atoms with Crippen molar-refractivity contribution >= 4 is 0 Å². The predicted molar refractivity (Wildman–Crippen MR) is 58.0 cm³/mol. The molecule has 0 aromatic heterocycles. The molecule has 0 saturated heterocycles. The third kappa shape index (κ3) is 5.30. The summed E-state index contributed by atoms with van der Waals surface area (Å²) in [5, 5.41) is 4.51. The first-order valence-electron chi connectivity index (χ1n) is 6.06. The van der Waals surface area contributed by atoms with Gasteiger partial charge in [0, 0.05) is 13.1 Å². The molecule has 0 atom stereocenters. The largest absolute Gasteiger partial charge is 0.242 e. The molecule has 13 heavy (non-hydrogen) atoms. The standard InChI is InChI=1S/C12H24N/c1-2-10-13-11-9-12-7-5-3-4-6-8-12/h12H,2-11H2,1H3. The first-order chi connectivity index (χ1) is 6.43. The van der Waals surface area contributed by atoms with Crippen LogP contribution in [-0.2, 0) is 0 Å². The Morgan fingerprint density at radius 1 is 1.00 bits per heavy atom. The maximum absolute atomic E-state index is 4.51. The highest BCUT2D eigenvalue weighted by molar-refractivity contribution is 4.65. The molecule has 1 aliphatic rings. The van der Waals surface area contributed by atoms with Crippen LogP contribution in [0, 0.1) is 5.92 Å². The van der Waals surface area contributed by atoms with Gasteiger partial charge in [0.15, 0.2) is 0 Å². The van der Waals surface area contributed by atoms with E-state index in [2.05, 4.69) is 12.2 Å². The monoisotopic (exact) mass is 182 g/mol. The third-order valence-corrected chi connectivity index (χ3v) is 3.05. The average molecular weight is 182 g/mol. The third-order valence-electron chi connectivity index (χ3n) is 3.05. The van der Waals surface area contributed by atoms with Crippen molar-refractivity contribution in [2.24, 2.45) is 5.92 Å². The average Bonchev–Trinajstić information content (AvgIpc) is 2.41. The van der Waals surface area contributed by atoms with Crippen LogP contribution in [0.1, 0.15) is 58.3 Å². The number of nitrogens with zero attached hydrogens (tertiary/aromatic N) is 1. The molecule has 0 heterocycles. The lowest BCUT2D eigenvalue weighted by molar-refractivity contribution is 0.413. The van der Waals surface area contributed by atoms with Crippen LogP contribution in [0.5, 0.6) is 0 Å². The van der Waals surface area contributed by atoms with Gasteiger partial charge in [0.05, 0.1) is 0 Å². The highest BCUT2D eigenvalue weighted by atomic mass is 14.8. The molecule has 1 saturated carbocycles. The van der Waals surface area contributed by atoms with Crippen LogP contribution in [0.25, 0.3) is 0 Å². The lowest BCUT2D eigenvalue weighted by Crippen LogP contribution is -2.12. The summed E-state index contributed by atoms with van der Waals surface area (Å²) in [4.78, 5) is 0. The van der Waals surface area contributed by atoms with E-state index in [-0.39, 0.29) is 0 Å². The minimum absolute atomic E-state index is 1.00. The van der Waals surface area contributed by atoms with Gasteiger partial charge in [-0.3, -0.25) is 0 Å². The van der Waals surface area contributed by atoms with Gasteiger partial charge >= 0.3 is 0 Å². The van der Waals surface area contributed by atoms with Crippen LogP contribution in [0.15, 0.2) is 0 Å². The zero-order valence-electron chi connectivity index (χ0n) is 9.10. The fraction of sp³-hybridized carbons (Fsp3) is 1.00. The minimum atomic E-state index is 1.00. The van der Waals surface area contributed by atoms with E-state index in [4.69, 9.17) is 0 Å². The van der Waals surface area contributed by atoms with Gasteiger partial charge in [0.2, 0.25) is 0 Å². The molecular weight excluding hydrogens is 158 g/mol. The van der Waals surface area contributed by atoms with Gasteiger partial charge in [-0.25, -0.2) is 5.32 Å².